The zero-order chi connectivity index (χ0) is 18.4. The molecule has 0 unspecified atom stereocenters. The number of hydrogen-bond donors (Lipinski definition) is 0. The molecule has 1 aliphatic rings. The first-order valence-electron chi connectivity index (χ1n) is 9.39. The quantitative estimate of drug-likeness (QED) is 0.528. The molecule has 0 bridgehead atoms. The van der Waals surface area contributed by atoms with Gasteiger partial charge in [0, 0.05) is 35.6 Å². The first kappa shape index (κ1) is 18.4. The molecule has 1 heterocycles. The van der Waals surface area contributed by atoms with Gasteiger partial charge < -0.3 is 8.99 Å². The molecule has 1 aromatic heterocycles. The van der Waals surface area contributed by atoms with Crippen molar-refractivity contribution in [2.24, 2.45) is 7.05 Å². The van der Waals surface area contributed by atoms with Crippen LogP contribution in [0.15, 0.2) is 18.2 Å². The van der Waals surface area contributed by atoms with Crippen LogP contribution in [0.3, 0.4) is 0 Å². The third-order valence-corrected chi connectivity index (χ3v) is 10.7. The van der Waals surface area contributed by atoms with E-state index >= 15 is 0 Å². The summed E-state index contributed by atoms with van der Waals surface area (Å²) in [4.78, 5) is 12.4. The predicted octanol–water partition coefficient (Wildman–Crippen LogP) is 5.61. The van der Waals surface area contributed by atoms with Crippen LogP contribution in [0, 0.1) is 0 Å². The Morgan fingerprint density at radius 2 is 1.84 bits per heavy atom. The predicted molar refractivity (Wildman–Crippen MR) is 107 cm³/mol. The number of carbonyl (C=O) groups is 1. The lowest BCUT2D eigenvalue weighted by molar-refractivity contribution is 0.0982. The number of fused-ring (bicyclic) bond motifs is 3. The zero-order valence-electron chi connectivity index (χ0n) is 16.5. The Bertz CT molecular complexity index is 811. The lowest BCUT2D eigenvalue weighted by atomic mass is 9.98. The van der Waals surface area contributed by atoms with Gasteiger partial charge in [0.25, 0.3) is 0 Å². The second kappa shape index (κ2) is 6.40. The van der Waals surface area contributed by atoms with E-state index < -0.39 is 8.32 Å². The van der Waals surface area contributed by atoms with Crippen molar-refractivity contribution in [1.82, 2.24) is 4.57 Å². The van der Waals surface area contributed by atoms with Crippen molar-refractivity contribution in [3.8, 4) is 0 Å². The van der Waals surface area contributed by atoms with Gasteiger partial charge in [-0.25, -0.2) is 0 Å². The van der Waals surface area contributed by atoms with Gasteiger partial charge in [-0.2, -0.15) is 0 Å². The second-order valence-electron chi connectivity index (χ2n) is 8.90. The van der Waals surface area contributed by atoms with Crippen molar-refractivity contribution < 1.29 is 9.22 Å². The van der Waals surface area contributed by atoms with E-state index in [2.05, 4.69) is 57.6 Å². The molecule has 1 aromatic carbocycles. The maximum Gasteiger partial charge on any atom is 0.192 e. The Hall–Kier alpha value is -1.39. The number of Topliss-reactive ketones (excluding diaryl/α,β-unsaturated/α-hetero) is 1. The number of aromatic nitrogens is 1. The SMILES string of the molecule is Cn1c(CO[Si](C)(C)C(C)(C)C)cc2c3c(ccc21)C(=O)CCCC3. The molecule has 2 aromatic rings. The number of ketones is 1. The van der Waals surface area contributed by atoms with E-state index in [0.29, 0.717) is 18.8 Å². The number of benzene rings is 1. The fourth-order valence-electron chi connectivity index (χ4n) is 3.39. The van der Waals surface area contributed by atoms with Crippen LogP contribution in [-0.2, 0) is 24.5 Å². The largest absolute Gasteiger partial charge is 0.411 e. The van der Waals surface area contributed by atoms with Gasteiger partial charge in [0.1, 0.15) is 0 Å². The number of nitrogens with zero attached hydrogens (tertiary/aromatic N) is 1. The minimum atomic E-state index is -1.77. The summed E-state index contributed by atoms with van der Waals surface area (Å²) in [7, 11) is 0.334. The average molecular weight is 358 g/mol. The van der Waals surface area contributed by atoms with Crippen LogP contribution in [0.4, 0.5) is 0 Å². The van der Waals surface area contributed by atoms with Crippen LogP contribution < -0.4 is 0 Å². The summed E-state index contributed by atoms with van der Waals surface area (Å²) in [6, 6.07) is 6.39. The summed E-state index contributed by atoms with van der Waals surface area (Å²) in [6.07, 6.45) is 3.80. The first-order chi connectivity index (χ1) is 11.6. The van der Waals surface area contributed by atoms with Crippen LogP contribution in [0.1, 0.15) is 61.6 Å². The van der Waals surface area contributed by atoms with Gasteiger partial charge in [-0.3, -0.25) is 4.79 Å². The highest BCUT2D eigenvalue weighted by molar-refractivity contribution is 6.74. The number of rotatable bonds is 3. The van der Waals surface area contributed by atoms with E-state index in [-0.39, 0.29) is 5.04 Å². The van der Waals surface area contributed by atoms with E-state index in [1.165, 1.54) is 22.2 Å². The van der Waals surface area contributed by atoms with Gasteiger partial charge in [-0.15, -0.1) is 0 Å². The molecule has 25 heavy (non-hydrogen) atoms. The van der Waals surface area contributed by atoms with Gasteiger partial charge in [-0.1, -0.05) is 20.8 Å². The van der Waals surface area contributed by atoms with Crippen molar-refractivity contribution in [1.29, 1.82) is 0 Å². The summed E-state index contributed by atoms with van der Waals surface area (Å²) in [5, 5.41) is 1.45. The van der Waals surface area contributed by atoms with Gasteiger partial charge in [0.05, 0.1) is 6.61 Å². The van der Waals surface area contributed by atoms with E-state index in [1.54, 1.807) is 0 Å². The molecular weight excluding hydrogens is 326 g/mol. The summed E-state index contributed by atoms with van der Waals surface area (Å²) in [5.41, 5.74) is 4.59. The van der Waals surface area contributed by atoms with Gasteiger partial charge in [-0.05, 0) is 61.2 Å². The summed E-state index contributed by atoms with van der Waals surface area (Å²) < 4.78 is 8.67. The van der Waals surface area contributed by atoms with Crippen molar-refractivity contribution in [3.05, 3.63) is 35.0 Å². The lowest BCUT2D eigenvalue weighted by Crippen LogP contribution is -2.40. The van der Waals surface area contributed by atoms with Crippen LogP contribution >= 0.6 is 0 Å². The number of carbonyl (C=O) groups excluding carboxylic acids is 1. The molecule has 0 saturated carbocycles. The molecule has 3 rings (SSSR count). The van der Waals surface area contributed by atoms with E-state index in [1.807, 2.05) is 6.07 Å². The molecule has 0 N–H and O–H groups in total. The van der Waals surface area contributed by atoms with Gasteiger partial charge in [0.2, 0.25) is 0 Å². The minimum Gasteiger partial charge on any atom is -0.411 e. The Morgan fingerprint density at radius 3 is 2.52 bits per heavy atom. The highest BCUT2D eigenvalue weighted by Gasteiger charge is 2.37. The van der Waals surface area contributed by atoms with E-state index in [0.717, 1.165) is 24.8 Å². The second-order valence-corrected chi connectivity index (χ2v) is 13.7. The third-order valence-electron chi connectivity index (χ3n) is 6.21. The summed E-state index contributed by atoms with van der Waals surface area (Å²) in [6.45, 7) is 12.0. The molecule has 0 fully saturated rings. The molecule has 3 nitrogen and oxygen atoms in total. The highest BCUT2D eigenvalue weighted by atomic mass is 28.4. The molecule has 136 valence electrons. The average Bonchev–Trinajstić information content (AvgIpc) is 2.72. The van der Waals surface area contributed by atoms with Crippen molar-refractivity contribution >= 4 is 25.0 Å². The fraction of sp³-hybridized carbons (Fsp3) is 0.571. The molecule has 0 amide bonds. The number of aryl methyl sites for hydroxylation is 2. The summed E-state index contributed by atoms with van der Waals surface area (Å²) in [5.74, 6) is 0.303. The van der Waals surface area contributed by atoms with Gasteiger partial charge in [0.15, 0.2) is 14.1 Å². The third kappa shape index (κ3) is 3.34. The Balaban J connectivity index is 1.97. The molecule has 0 spiro atoms. The summed E-state index contributed by atoms with van der Waals surface area (Å²) >= 11 is 0. The van der Waals surface area contributed by atoms with Crippen LogP contribution in [0.25, 0.3) is 10.9 Å². The molecule has 0 radical (unpaired) electrons. The molecule has 0 saturated heterocycles. The van der Waals surface area contributed by atoms with Crippen LogP contribution in [0.5, 0.6) is 0 Å². The van der Waals surface area contributed by atoms with Crippen molar-refractivity contribution in [3.63, 3.8) is 0 Å². The highest BCUT2D eigenvalue weighted by Crippen LogP contribution is 2.37. The number of hydrogen-bond acceptors (Lipinski definition) is 2. The molecule has 1 aliphatic carbocycles. The standard InChI is InChI=1S/C21H31NO2Si/c1-21(2,3)25(5,6)24-14-15-13-18-16-9-7-8-10-20(23)17(16)11-12-19(18)22(15)4/h11-13H,7-10,14H2,1-6H3. The fourth-order valence-corrected chi connectivity index (χ4v) is 4.33. The smallest absolute Gasteiger partial charge is 0.192 e. The molecule has 0 atom stereocenters. The normalized spacial score (nSPS) is 16.2. The maximum absolute atomic E-state index is 12.4. The Labute approximate surface area is 152 Å². The minimum absolute atomic E-state index is 0.209. The van der Waals surface area contributed by atoms with Crippen LogP contribution in [0.2, 0.25) is 18.1 Å². The zero-order valence-corrected chi connectivity index (χ0v) is 17.5. The molecule has 4 heteroatoms. The van der Waals surface area contributed by atoms with E-state index in [9.17, 15) is 4.79 Å². The molecule has 0 aliphatic heterocycles. The van der Waals surface area contributed by atoms with Crippen molar-refractivity contribution in [2.45, 2.75) is 71.2 Å². The maximum atomic E-state index is 12.4. The molecular formula is C21H31NO2Si. The Kier molecular flexibility index (Phi) is 4.71. The van der Waals surface area contributed by atoms with Gasteiger partial charge >= 0.3 is 0 Å². The monoisotopic (exact) mass is 357 g/mol. The van der Waals surface area contributed by atoms with Crippen LogP contribution in [-0.4, -0.2) is 18.7 Å². The lowest BCUT2D eigenvalue weighted by Gasteiger charge is -2.36. The first-order valence-corrected chi connectivity index (χ1v) is 12.3. The topological polar surface area (TPSA) is 31.2 Å². The van der Waals surface area contributed by atoms with Crippen molar-refractivity contribution in [2.75, 3.05) is 0 Å². The Morgan fingerprint density at radius 1 is 1.16 bits per heavy atom. The van der Waals surface area contributed by atoms with E-state index in [4.69, 9.17) is 4.43 Å².